The second-order valence-corrected chi connectivity index (χ2v) is 4.01. The Morgan fingerprint density at radius 3 is 1.70 bits per heavy atom. The van der Waals surface area contributed by atoms with Crippen LogP contribution in [0.15, 0.2) is 14.9 Å². The molecule has 0 saturated heterocycles. The van der Waals surface area contributed by atoms with Crippen molar-refractivity contribution in [2.45, 2.75) is 27.7 Å². The van der Waals surface area contributed by atoms with Gasteiger partial charge in [0, 0.05) is 13.8 Å². The molecule has 2 rings (SSSR count). The van der Waals surface area contributed by atoms with Crippen LogP contribution >= 0.6 is 0 Å². The first kappa shape index (κ1) is 16.4. The Kier molecular flexibility index (Phi) is 5.61. The summed E-state index contributed by atoms with van der Waals surface area (Å²) in [6.45, 7) is 7.82. The summed E-state index contributed by atoms with van der Waals surface area (Å²) in [6, 6.07) is 0. The SMILES string of the molecule is CCO/C(C)=N\Oc1nc2nonc2nc1O/N=C(/C)OCC. The number of rotatable bonds is 6. The molecule has 0 fully saturated rings. The molecule has 0 atom stereocenters. The smallest absolute Gasteiger partial charge is 0.316 e. The van der Waals surface area contributed by atoms with Crippen molar-refractivity contribution in [3.05, 3.63) is 0 Å². The van der Waals surface area contributed by atoms with Crippen LogP contribution in [0.1, 0.15) is 27.7 Å². The highest BCUT2D eigenvalue weighted by molar-refractivity contribution is 5.73. The first-order chi connectivity index (χ1) is 11.1. The summed E-state index contributed by atoms with van der Waals surface area (Å²) in [5.41, 5.74) is 0.282. The van der Waals surface area contributed by atoms with Gasteiger partial charge in [0.1, 0.15) is 0 Å². The van der Waals surface area contributed by atoms with E-state index in [4.69, 9.17) is 19.1 Å². The van der Waals surface area contributed by atoms with Crippen LogP contribution in [0.2, 0.25) is 0 Å². The monoisotopic (exact) mass is 324 g/mol. The molecule has 0 saturated carbocycles. The Bertz CT molecular complexity index is 655. The van der Waals surface area contributed by atoms with E-state index in [0.717, 1.165) is 0 Å². The zero-order valence-electron chi connectivity index (χ0n) is 13.1. The summed E-state index contributed by atoms with van der Waals surface area (Å²) in [5.74, 6) is 0.487. The lowest BCUT2D eigenvalue weighted by Crippen LogP contribution is -2.05. The first-order valence-electron chi connectivity index (χ1n) is 6.83. The first-order valence-corrected chi connectivity index (χ1v) is 6.83. The summed E-state index contributed by atoms with van der Waals surface area (Å²) in [5, 5.41) is 14.7. The van der Waals surface area contributed by atoms with Crippen molar-refractivity contribution in [2.24, 2.45) is 10.3 Å². The Hall–Kier alpha value is -2.98. The van der Waals surface area contributed by atoms with E-state index < -0.39 is 0 Å². The maximum absolute atomic E-state index is 5.17. The summed E-state index contributed by atoms with van der Waals surface area (Å²) < 4.78 is 14.8. The summed E-state index contributed by atoms with van der Waals surface area (Å²) in [7, 11) is 0. The molecule has 23 heavy (non-hydrogen) atoms. The maximum Gasteiger partial charge on any atom is 0.316 e. The molecule has 2 heterocycles. The van der Waals surface area contributed by atoms with Crippen molar-refractivity contribution in [1.82, 2.24) is 20.3 Å². The average Bonchev–Trinajstić information content (AvgIpc) is 2.98. The molecule has 2 aromatic heterocycles. The van der Waals surface area contributed by atoms with Gasteiger partial charge in [-0.2, -0.15) is 9.97 Å². The second kappa shape index (κ2) is 7.87. The van der Waals surface area contributed by atoms with Gasteiger partial charge >= 0.3 is 11.8 Å². The number of nitrogens with zero attached hydrogens (tertiary/aromatic N) is 6. The van der Waals surface area contributed by atoms with Crippen molar-refractivity contribution >= 4 is 23.1 Å². The average molecular weight is 324 g/mol. The summed E-state index contributed by atoms with van der Waals surface area (Å²) in [4.78, 5) is 18.4. The van der Waals surface area contributed by atoms with Crippen molar-refractivity contribution in [3.8, 4) is 11.8 Å². The van der Waals surface area contributed by atoms with Crippen LogP contribution in [0.25, 0.3) is 11.3 Å². The van der Waals surface area contributed by atoms with E-state index in [9.17, 15) is 0 Å². The van der Waals surface area contributed by atoms with Crippen LogP contribution in [0.5, 0.6) is 11.8 Å². The minimum absolute atomic E-state index is 0.0692. The fourth-order valence-corrected chi connectivity index (χ4v) is 1.41. The van der Waals surface area contributed by atoms with Crippen molar-refractivity contribution in [3.63, 3.8) is 0 Å². The molecular formula is C12H16N6O5. The Labute approximate surface area is 131 Å². The molecule has 0 unspecified atom stereocenters. The predicted molar refractivity (Wildman–Crippen MR) is 78.1 cm³/mol. The highest BCUT2D eigenvalue weighted by Crippen LogP contribution is 2.24. The van der Waals surface area contributed by atoms with Gasteiger partial charge in [-0.1, -0.05) is 0 Å². The van der Waals surface area contributed by atoms with E-state index in [1.165, 1.54) is 0 Å². The largest absolute Gasteiger partial charge is 0.479 e. The summed E-state index contributed by atoms with van der Waals surface area (Å²) >= 11 is 0. The number of ether oxygens (including phenoxy) is 2. The van der Waals surface area contributed by atoms with Crippen molar-refractivity contribution < 1.29 is 23.8 Å². The van der Waals surface area contributed by atoms with Gasteiger partial charge in [0.25, 0.3) is 0 Å². The van der Waals surface area contributed by atoms with Gasteiger partial charge in [-0.05, 0) is 34.5 Å². The molecule has 11 nitrogen and oxygen atoms in total. The molecule has 0 aliphatic carbocycles. The number of fused-ring (bicyclic) bond motifs is 1. The molecule has 0 aromatic carbocycles. The zero-order valence-corrected chi connectivity index (χ0v) is 13.1. The minimum Gasteiger partial charge on any atom is -0.479 e. The van der Waals surface area contributed by atoms with E-state index in [0.29, 0.717) is 25.0 Å². The van der Waals surface area contributed by atoms with Gasteiger partial charge in [-0.3, -0.25) is 0 Å². The molecule has 0 amide bonds. The normalized spacial score (nSPS) is 12.3. The molecule has 0 aliphatic rings. The van der Waals surface area contributed by atoms with Gasteiger partial charge in [0.2, 0.25) is 23.1 Å². The van der Waals surface area contributed by atoms with Crippen LogP contribution in [-0.2, 0) is 9.47 Å². The standard InChI is InChI=1S/C12H16N6O5/c1-5-19-7(3)15-21-11-12(22-16-8(4)20-6-2)14-10-9(13-11)17-23-18-10/h5-6H2,1-4H3/b15-7-,16-8-. The van der Waals surface area contributed by atoms with Crippen molar-refractivity contribution in [2.75, 3.05) is 13.2 Å². The molecule has 124 valence electrons. The minimum atomic E-state index is -0.0692. The third-order valence-corrected chi connectivity index (χ3v) is 2.28. The lowest BCUT2D eigenvalue weighted by atomic mass is 10.6. The van der Waals surface area contributed by atoms with Crippen LogP contribution in [-0.4, -0.2) is 45.3 Å². The second-order valence-electron chi connectivity index (χ2n) is 4.01. The molecule has 2 aromatic rings. The van der Waals surface area contributed by atoms with E-state index >= 15 is 0 Å². The quantitative estimate of drug-likeness (QED) is 0.441. The van der Waals surface area contributed by atoms with Gasteiger partial charge in [-0.15, -0.1) is 0 Å². The van der Waals surface area contributed by atoms with Crippen LogP contribution in [0.4, 0.5) is 0 Å². The van der Waals surface area contributed by atoms with Crippen LogP contribution < -0.4 is 9.68 Å². The number of hydrogen-bond acceptors (Lipinski definition) is 11. The molecule has 0 radical (unpaired) electrons. The third-order valence-electron chi connectivity index (χ3n) is 2.28. The topological polar surface area (TPSA) is 126 Å². The Balaban J connectivity index is 2.26. The van der Waals surface area contributed by atoms with Gasteiger partial charge in [-0.25, -0.2) is 4.63 Å². The predicted octanol–water partition coefficient (Wildman–Crippen LogP) is 1.51. The molecule has 0 bridgehead atoms. The molecule has 11 heteroatoms. The van der Waals surface area contributed by atoms with E-state index in [1.54, 1.807) is 13.8 Å². The number of hydrogen-bond donors (Lipinski definition) is 0. The highest BCUT2D eigenvalue weighted by atomic mass is 16.7. The Morgan fingerprint density at radius 2 is 1.30 bits per heavy atom. The zero-order chi connectivity index (χ0) is 16.7. The molecule has 0 spiro atoms. The van der Waals surface area contributed by atoms with Gasteiger partial charge in [0.15, 0.2) is 0 Å². The van der Waals surface area contributed by atoms with Crippen molar-refractivity contribution in [1.29, 1.82) is 0 Å². The van der Waals surface area contributed by atoms with Gasteiger partial charge < -0.3 is 19.1 Å². The molecular weight excluding hydrogens is 308 g/mol. The lowest BCUT2D eigenvalue weighted by Gasteiger charge is -2.05. The lowest BCUT2D eigenvalue weighted by molar-refractivity contribution is 0.237. The molecule has 0 aliphatic heterocycles. The van der Waals surface area contributed by atoms with E-state index in [-0.39, 0.29) is 23.1 Å². The Morgan fingerprint density at radius 1 is 0.870 bits per heavy atom. The number of oxime groups is 2. The molecule has 0 N–H and O–H groups in total. The van der Waals surface area contributed by atoms with Gasteiger partial charge in [0.05, 0.1) is 13.2 Å². The maximum atomic E-state index is 5.17. The third kappa shape index (κ3) is 4.49. The van der Waals surface area contributed by atoms with E-state index in [1.807, 2.05) is 13.8 Å². The summed E-state index contributed by atoms with van der Waals surface area (Å²) in [6.07, 6.45) is 0. The van der Waals surface area contributed by atoms with Crippen LogP contribution in [0, 0.1) is 0 Å². The van der Waals surface area contributed by atoms with E-state index in [2.05, 4.69) is 35.2 Å². The van der Waals surface area contributed by atoms with Crippen LogP contribution in [0.3, 0.4) is 0 Å². The highest BCUT2D eigenvalue weighted by Gasteiger charge is 2.17. The fourth-order valence-electron chi connectivity index (χ4n) is 1.41. The number of aromatic nitrogens is 4. The fraction of sp³-hybridized carbons (Fsp3) is 0.500.